The monoisotopic (exact) mass is 528 g/mol. The predicted octanol–water partition coefficient (Wildman–Crippen LogP) is 6.15. The summed E-state index contributed by atoms with van der Waals surface area (Å²) in [6.45, 7) is 4.04. The van der Waals surface area contributed by atoms with E-state index in [4.69, 9.17) is 14.6 Å². The van der Waals surface area contributed by atoms with Gasteiger partial charge in [0.2, 0.25) is 5.88 Å². The lowest BCUT2D eigenvalue weighted by molar-refractivity contribution is -0.138. The number of benzene rings is 2. The summed E-state index contributed by atoms with van der Waals surface area (Å²) < 4.78 is 63.3. The first-order valence-corrected chi connectivity index (χ1v) is 12.5. The van der Waals surface area contributed by atoms with Crippen LogP contribution in [0.25, 0.3) is 0 Å². The minimum atomic E-state index is -4.54. The summed E-state index contributed by atoms with van der Waals surface area (Å²) in [7, 11) is 0. The largest absolute Gasteiger partial charge is 0.483 e. The average molecular weight is 529 g/mol. The molecule has 2 aromatic carbocycles. The molecule has 0 radical (unpaired) electrons. The molecular weight excluding hydrogens is 500 g/mol. The fourth-order valence-electron chi connectivity index (χ4n) is 5.81. The fourth-order valence-corrected chi connectivity index (χ4v) is 5.81. The van der Waals surface area contributed by atoms with E-state index in [1.54, 1.807) is 12.1 Å². The van der Waals surface area contributed by atoms with Crippen LogP contribution in [0.15, 0.2) is 48.7 Å². The molecule has 38 heavy (non-hydrogen) atoms. The fraction of sp³-hybridized carbons (Fsp3) is 0.379. The molecular formula is C29H28F4N2O3. The van der Waals surface area contributed by atoms with Gasteiger partial charge in [0, 0.05) is 35.3 Å². The van der Waals surface area contributed by atoms with Crippen molar-refractivity contribution in [3.63, 3.8) is 0 Å². The molecule has 1 saturated carbocycles. The van der Waals surface area contributed by atoms with Crippen molar-refractivity contribution in [1.29, 1.82) is 0 Å². The van der Waals surface area contributed by atoms with Crippen LogP contribution in [0.3, 0.4) is 0 Å². The number of carbonyl (C=O) groups is 1. The van der Waals surface area contributed by atoms with Gasteiger partial charge in [0.1, 0.15) is 12.4 Å². The first kappa shape index (κ1) is 26.2. The van der Waals surface area contributed by atoms with Crippen LogP contribution in [-0.4, -0.2) is 23.1 Å². The Kier molecular flexibility index (Phi) is 6.67. The summed E-state index contributed by atoms with van der Waals surface area (Å²) >= 11 is 0. The van der Waals surface area contributed by atoms with Crippen LogP contribution in [-0.2, 0) is 29.4 Å². The number of nitrogens with zero attached hydrogens (tertiary/aromatic N) is 1. The van der Waals surface area contributed by atoms with Crippen molar-refractivity contribution in [2.75, 3.05) is 6.54 Å². The zero-order chi connectivity index (χ0) is 27.2. The van der Waals surface area contributed by atoms with E-state index in [0.717, 1.165) is 18.4 Å². The number of carboxylic acid groups (broad SMARTS) is 1. The summed E-state index contributed by atoms with van der Waals surface area (Å²) in [5.74, 6) is 1.27. The molecule has 0 bridgehead atoms. The number of pyridine rings is 1. The Morgan fingerprint density at radius 3 is 2.66 bits per heavy atom. The van der Waals surface area contributed by atoms with Crippen LogP contribution in [0.1, 0.15) is 71.2 Å². The van der Waals surface area contributed by atoms with Crippen LogP contribution < -0.4 is 10.1 Å². The Hall–Kier alpha value is -3.46. The van der Waals surface area contributed by atoms with E-state index in [0.29, 0.717) is 29.5 Å². The van der Waals surface area contributed by atoms with Gasteiger partial charge in [-0.1, -0.05) is 44.2 Å². The molecule has 200 valence electrons. The van der Waals surface area contributed by atoms with Gasteiger partial charge in [-0.3, -0.25) is 4.79 Å². The molecule has 1 fully saturated rings. The lowest BCUT2D eigenvalue weighted by Crippen LogP contribution is -2.43. The molecule has 5 nitrogen and oxygen atoms in total. The van der Waals surface area contributed by atoms with Crippen molar-refractivity contribution in [2.24, 2.45) is 5.92 Å². The Bertz CT molecular complexity index is 1370. The van der Waals surface area contributed by atoms with E-state index >= 15 is 4.39 Å². The second-order valence-corrected chi connectivity index (χ2v) is 10.7. The minimum absolute atomic E-state index is 0.0209. The van der Waals surface area contributed by atoms with Gasteiger partial charge in [0.05, 0.1) is 11.6 Å². The number of ether oxygens (including phenoxy) is 1. The number of hydrogen-bond acceptors (Lipinski definition) is 4. The third kappa shape index (κ3) is 4.75. The number of nitrogens with one attached hydrogen (secondary N) is 1. The van der Waals surface area contributed by atoms with E-state index in [-0.39, 0.29) is 24.2 Å². The maximum atomic E-state index is 16.0. The maximum absolute atomic E-state index is 16.0. The highest BCUT2D eigenvalue weighted by atomic mass is 19.4. The number of rotatable bonds is 4. The van der Waals surface area contributed by atoms with E-state index in [1.807, 2.05) is 32.2 Å². The molecule has 2 aliphatic carbocycles. The number of alkyl halides is 3. The summed E-state index contributed by atoms with van der Waals surface area (Å²) in [5.41, 5.74) is 2.61. The molecule has 3 aliphatic rings. The number of hydrogen-bond donors (Lipinski definition) is 2. The van der Waals surface area contributed by atoms with Crippen LogP contribution in [0, 0.1) is 11.7 Å². The quantitative estimate of drug-likeness (QED) is 0.314. The molecule has 3 atom stereocenters. The molecule has 0 spiro atoms. The van der Waals surface area contributed by atoms with Gasteiger partial charge in [-0.15, -0.1) is 0 Å². The van der Waals surface area contributed by atoms with Crippen LogP contribution in [0.5, 0.6) is 5.88 Å². The van der Waals surface area contributed by atoms with Crippen LogP contribution in [0.2, 0.25) is 0 Å². The van der Waals surface area contributed by atoms with E-state index in [2.05, 4.69) is 10.3 Å². The highest BCUT2D eigenvalue weighted by Crippen LogP contribution is 2.56. The van der Waals surface area contributed by atoms with E-state index in [1.165, 1.54) is 29.7 Å². The van der Waals surface area contributed by atoms with Gasteiger partial charge < -0.3 is 15.2 Å². The molecule has 2 unspecified atom stereocenters. The smallest absolute Gasteiger partial charge is 0.416 e. The molecule has 1 aliphatic heterocycles. The van der Waals surface area contributed by atoms with Gasteiger partial charge in [-0.2, -0.15) is 13.2 Å². The standard InChI is InChI=1S/C28H26F4N2O.CH2O2/c1-27(2)14-34-26(18-5-3-4-6-21(18)28(30,31)32)24-22(27)8-7-15(25(24)29)13-35-23-11-17-9-16-10-19(16)20(17)12-33-23;2-1-3/h3-8,11-12,16,19,26,34H,9-10,13-14H2,1-2H3;1H,(H,2,3)/t16?,19-,26?;/m1./s1. The van der Waals surface area contributed by atoms with Crippen molar-refractivity contribution >= 4 is 6.47 Å². The first-order chi connectivity index (χ1) is 18.0. The van der Waals surface area contributed by atoms with Crippen molar-refractivity contribution in [1.82, 2.24) is 10.3 Å². The topological polar surface area (TPSA) is 71.5 Å². The minimum Gasteiger partial charge on any atom is -0.483 e. The Labute approximate surface area is 217 Å². The van der Waals surface area contributed by atoms with Gasteiger partial charge in [0.25, 0.3) is 6.47 Å². The van der Waals surface area contributed by atoms with Crippen molar-refractivity contribution < 1.29 is 32.2 Å². The normalized spacial score (nSPS) is 22.3. The van der Waals surface area contributed by atoms with Crippen LogP contribution >= 0.6 is 0 Å². The summed E-state index contributed by atoms with van der Waals surface area (Å²) in [6.07, 6.45) is -0.407. The molecule has 0 amide bonds. The molecule has 0 saturated heterocycles. The van der Waals surface area contributed by atoms with Crippen molar-refractivity contribution in [3.8, 4) is 5.88 Å². The molecule has 2 heterocycles. The Morgan fingerprint density at radius 1 is 1.18 bits per heavy atom. The Balaban J connectivity index is 0.000000937. The van der Waals surface area contributed by atoms with Crippen molar-refractivity contribution in [3.05, 3.63) is 93.4 Å². The van der Waals surface area contributed by atoms with Gasteiger partial charge in [-0.25, -0.2) is 9.37 Å². The second-order valence-electron chi connectivity index (χ2n) is 10.7. The number of halogens is 4. The first-order valence-electron chi connectivity index (χ1n) is 12.5. The highest BCUT2D eigenvalue weighted by molar-refractivity contribution is 5.49. The average Bonchev–Trinajstić information content (AvgIpc) is 3.54. The molecule has 3 aromatic rings. The SMILES string of the molecule is CC1(C)CNC(c2ccccc2C(F)(F)F)c2c1ccc(COc1cc3c(cn1)[C@@H]1CC1C3)c2F.O=CO. The van der Waals surface area contributed by atoms with Gasteiger partial charge in [0.15, 0.2) is 0 Å². The molecule has 6 rings (SSSR count). The number of fused-ring (bicyclic) bond motifs is 4. The summed E-state index contributed by atoms with van der Waals surface area (Å²) in [5, 5.41) is 10.1. The van der Waals surface area contributed by atoms with E-state index < -0.39 is 29.0 Å². The zero-order valence-electron chi connectivity index (χ0n) is 21.0. The third-order valence-electron chi connectivity index (χ3n) is 7.78. The summed E-state index contributed by atoms with van der Waals surface area (Å²) in [4.78, 5) is 12.8. The third-order valence-corrected chi connectivity index (χ3v) is 7.78. The zero-order valence-corrected chi connectivity index (χ0v) is 21.0. The van der Waals surface area contributed by atoms with Crippen molar-refractivity contribution in [2.45, 2.75) is 56.8 Å². The number of aromatic nitrogens is 1. The van der Waals surface area contributed by atoms with E-state index in [9.17, 15) is 13.2 Å². The lowest BCUT2D eigenvalue weighted by Gasteiger charge is -2.39. The second kappa shape index (κ2) is 9.69. The Morgan fingerprint density at radius 2 is 1.92 bits per heavy atom. The summed E-state index contributed by atoms with van der Waals surface area (Å²) in [6, 6.07) is 9.90. The van der Waals surface area contributed by atoms with Gasteiger partial charge >= 0.3 is 6.18 Å². The lowest BCUT2D eigenvalue weighted by atomic mass is 9.74. The highest BCUT2D eigenvalue weighted by Gasteiger charge is 2.45. The molecule has 1 aromatic heterocycles. The maximum Gasteiger partial charge on any atom is 0.416 e. The molecule has 2 N–H and O–H groups in total. The predicted molar refractivity (Wildman–Crippen MR) is 133 cm³/mol. The molecule has 9 heteroatoms. The van der Waals surface area contributed by atoms with Crippen LogP contribution in [0.4, 0.5) is 17.6 Å². The van der Waals surface area contributed by atoms with Gasteiger partial charge in [-0.05, 0) is 53.0 Å².